The molecule has 11 nitrogen and oxygen atoms in total. The SMILES string of the molecule is CC[C@H](NC(=O)[C@@H](NC(=O)N1CCOCC1)C(C)C)C(=O)C(=O)NCCCN1CCN(C)CC1. The normalized spacial score (nSPS) is 19.4. The summed E-state index contributed by atoms with van der Waals surface area (Å²) < 4.78 is 5.26. The van der Waals surface area contributed by atoms with Crippen LogP contribution in [0.3, 0.4) is 0 Å². The van der Waals surface area contributed by atoms with E-state index in [0.29, 0.717) is 32.8 Å². The van der Waals surface area contributed by atoms with E-state index < -0.39 is 29.7 Å². The molecule has 2 atom stereocenters. The summed E-state index contributed by atoms with van der Waals surface area (Å²) >= 11 is 0. The fourth-order valence-corrected chi connectivity index (χ4v) is 3.96. The van der Waals surface area contributed by atoms with Gasteiger partial charge in [0.15, 0.2) is 0 Å². The molecule has 0 unspecified atom stereocenters. The summed E-state index contributed by atoms with van der Waals surface area (Å²) in [6.07, 6.45) is 1.04. The zero-order valence-corrected chi connectivity index (χ0v) is 21.1. The predicted molar refractivity (Wildman–Crippen MR) is 128 cm³/mol. The summed E-state index contributed by atoms with van der Waals surface area (Å²) in [4.78, 5) is 56.7. The second-order valence-corrected chi connectivity index (χ2v) is 9.36. The number of carbonyl (C=O) groups is 4. The van der Waals surface area contributed by atoms with Crippen molar-refractivity contribution in [2.24, 2.45) is 5.92 Å². The van der Waals surface area contributed by atoms with Crippen molar-refractivity contribution >= 4 is 23.6 Å². The Balaban J connectivity index is 1.79. The third-order valence-electron chi connectivity index (χ3n) is 6.32. The molecule has 0 aromatic heterocycles. The summed E-state index contributed by atoms with van der Waals surface area (Å²) in [6, 6.07) is -2.09. The molecular formula is C23H42N6O5. The van der Waals surface area contributed by atoms with Crippen LogP contribution in [0.1, 0.15) is 33.6 Å². The van der Waals surface area contributed by atoms with Gasteiger partial charge in [-0.1, -0.05) is 20.8 Å². The van der Waals surface area contributed by atoms with Crippen LogP contribution >= 0.6 is 0 Å². The number of urea groups is 1. The van der Waals surface area contributed by atoms with Crippen molar-refractivity contribution in [3.8, 4) is 0 Å². The Kier molecular flexibility index (Phi) is 11.7. The highest BCUT2D eigenvalue weighted by Gasteiger charge is 2.31. The highest BCUT2D eigenvalue weighted by Crippen LogP contribution is 2.07. The molecule has 0 aromatic carbocycles. The van der Waals surface area contributed by atoms with Gasteiger partial charge in [-0.25, -0.2) is 4.79 Å². The van der Waals surface area contributed by atoms with Gasteiger partial charge in [0.05, 0.1) is 19.3 Å². The molecule has 2 fully saturated rings. The summed E-state index contributed by atoms with van der Waals surface area (Å²) in [7, 11) is 2.10. The first-order valence-electron chi connectivity index (χ1n) is 12.4. The molecule has 2 rings (SSSR count). The molecule has 2 heterocycles. The minimum absolute atomic E-state index is 0.194. The van der Waals surface area contributed by atoms with Gasteiger partial charge in [0.1, 0.15) is 6.04 Å². The van der Waals surface area contributed by atoms with E-state index in [-0.39, 0.29) is 18.4 Å². The van der Waals surface area contributed by atoms with Crippen LogP contribution in [0.2, 0.25) is 0 Å². The maximum absolute atomic E-state index is 12.9. The molecule has 2 saturated heterocycles. The van der Waals surface area contributed by atoms with Crippen LogP contribution in [0.5, 0.6) is 0 Å². The molecule has 194 valence electrons. The summed E-state index contributed by atoms with van der Waals surface area (Å²) in [6.45, 7) is 12.6. The van der Waals surface area contributed by atoms with Gasteiger partial charge in [-0.2, -0.15) is 0 Å². The van der Waals surface area contributed by atoms with E-state index in [4.69, 9.17) is 4.74 Å². The fraction of sp³-hybridized carbons (Fsp3) is 0.826. The Bertz CT molecular complexity index is 689. The first kappa shape index (κ1) is 28.0. The molecule has 0 aromatic rings. The topological polar surface area (TPSA) is 123 Å². The minimum atomic E-state index is -0.938. The molecule has 11 heteroatoms. The first-order valence-corrected chi connectivity index (χ1v) is 12.4. The molecule has 0 saturated carbocycles. The number of carbonyl (C=O) groups excluding carboxylic acids is 4. The largest absolute Gasteiger partial charge is 0.378 e. The Morgan fingerprint density at radius 2 is 1.59 bits per heavy atom. The number of hydrogen-bond donors (Lipinski definition) is 3. The van der Waals surface area contributed by atoms with Crippen LogP contribution < -0.4 is 16.0 Å². The third-order valence-corrected chi connectivity index (χ3v) is 6.32. The van der Waals surface area contributed by atoms with Crippen molar-refractivity contribution in [1.82, 2.24) is 30.7 Å². The lowest BCUT2D eigenvalue weighted by Crippen LogP contribution is -2.58. The minimum Gasteiger partial charge on any atom is -0.378 e. The molecule has 2 aliphatic rings. The molecular weight excluding hydrogens is 440 g/mol. The monoisotopic (exact) mass is 482 g/mol. The van der Waals surface area contributed by atoms with Crippen molar-refractivity contribution in [2.45, 2.75) is 45.7 Å². The molecule has 3 N–H and O–H groups in total. The van der Waals surface area contributed by atoms with Crippen LogP contribution in [-0.2, 0) is 19.1 Å². The van der Waals surface area contributed by atoms with E-state index in [1.807, 2.05) is 13.8 Å². The van der Waals surface area contributed by atoms with Gasteiger partial charge in [0.25, 0.3) is 5.91 Å². The molecule has 0 aliphatic carbocycles. The quantitative estimate of drug-likeness (QED) is 0.262. The Morgan fingerprint density at radius 3 is 2.18 bits per heavy atom. The number of nitrogens with zero attached hydrogens (tertiary/aromatic N) is 3. The van der Waals surface area contributed by atoms with E-state index in [1.165, 1.54) is 0 Å². The second-order valence-electron chi connectivity index (χ2n) is 9.36. The van der Waals surface area contributed by atoms with Gasteiger partial charge < -0.3 is 35.4 Å². The van der Waals surface area contributed by atoms with E-state index >= 15 is 0 Å². The predicted octanol–water partition coefficient (Wildman–Crippen LogP) is -0.730. The van der Waals surface area contributed by atoms with Gasteiger partial charge in [-0.15, -0.1) is 0 Å². The van der Waals surface area contributed by atoms with Gasteiger partial charge >= 0.3 is 6.03 Å². The lowest BCUT2D eigenvalue weighted by atomic mass is 10.0. The number of rotatable bonds is 11. The number of ether oxygens (including phenoxy) is 1. The number of likely N-dealkylation sites (N-methyl/N-ethyl adjacent to an activating group) is 1. The number of nitrogens with one attached hydrogen (secondary N) is 3. The van der Waals surface area contributed by atoms with E-state index in [0.717, 1.165) is 39.1 Å². The van der Waals surface area contributed by atoms with E-state index in [9.17, 15) is 19.2 Å². The number of ketones is 1. The maximum atomic E-state index is 12.9. The first-order chi connectivity index (χ1) is 16.2. The number of Topliss-reactive ketones (excluding diaryl/α,β-unsaturated/α-hetero) is 1. The van der Waals surface area contributed by atoms with Crippen molar-refractivity contribution in [3.05, 3.63) is 0 Å². The van der Waals surface area contributed by atoms with Crippen LogP contribution in [-0.4, -0.2) is 123 Å². The third kappa shape index (κ3) is 8.84. The lowest BCUT2D eigenvalue weighted by Gasteiger charge is -2.32. The van der Waals surface area contributed by atoms with Crippen LogP contribution in [0.15, 0.2) is 0 Å². The van der Waals surface area contributed by atoms with E-state index in [1.54, 1.807) is 11.8 Å². The summed E-state index contributed by atoms with van der Waals surface area (Å²) in [5.74, 6) is -2.03. The van der Waals surface area contributed by atoms with E-state index in [2.05, 4.69) is 32.8 Å². The standard InChI is InChI=1S/C23H42N6O5/c1-5-18(20(30)22(32)24-7-6-8-28-11-9-27(4)10-12-28)25-21(31)19(17(2)3)26-23(33)29-13-15-34-16-14-29/h17-19H,5-16H2,1-4H3,(H,24,32)(H,25,31)(H,26,33)/t18-,19-/m0/s1. The summed E-state index contributed by atoms with van der Waals surface area (Å²) in [5.41, 5.74) is 0. The number of piperazine rings is 1. The molecule has 34 heavy (non-hydrogen) atoms. The molecule has 0 spiro atoms. The zero-order valence-electron chi connectivity index (χ0n) is 21.1. The van der Waals surface area contributed by atoms with Gasteiger partial charge in [-0.3, -0.25) is 14.4 Å². The fourth-order valence-electron chi connectivity index (χ4n) is 3.96. The molecule has 0 radical (unpaired) electrons. The van der Waals surface area contributed by atoms with Crippen molar-refractivity contribution in [3.63, 3.8) is 0 Å². The van der Waals surface area contributed by atoms with Gasteiger partial charge in [-0.05, 0) is 32.4 Å². The highest BCUT2D eigenvalue weighted by molar-refractivity contribution is 6.38. The van der Waals surface area contributed by atoms with Crippen LogP contribution in [0.25, 0.3) is 0 Å². The number of amides is 4. The summed E-state index contributed by atoms with van der Waals surface area (Å²) in [5, 5.41) is 8.10. The van der Waals surface area contributed by atoms with Crippen LogP contribution in [0, 0.1) is 5.92 Å². The Hall–Kier alpha value is -2.24. The second kappa shape index (κ2) is 14.2. The Labute approximate surface area is 202 Å². The average molecular weight is 483 g/mol. The highest BCUT2D eigenvalue weighted by atomic mass is 16.5. The van der Waals surface area contributed by atoms with Gasteiger partial charge in [0, 0.05) is 45.8 Å². The van der Waals surface area contributed by atoms with Gasteiger partial charge in [0.2, 0.25) is 11.7 Å². The average Bonchev–Trinajstić information content (AvgIpc) is 2.84. The van der Waals surface area contributed by atoms with Crippen molar-refractivity contribution in [1.29, 1.82) is 0 Å². The molecule has 4 amide bonds. The van der Waals surface area contributed by atoms with Crippen molar-refractivity contribution in [2.75, 3.05) is 72.6 Å². The molecule has 0 bridgehead atoms. The van der Waals surface area contributed by atoms with Crippen LogP contribution in [0.4, 0.5) is 4.79 Å². The van der Waals surface area contributed by atoms with Crippen molar-refractivity contribution < 1.29 is 23.9 Å². The smallest absolute Gasteiger partial charge is 0.318 e. The lowest BCUT2D eigenvalue weighted by molar-refractivity contribution is -0.140. The Morgan fingerprint density at radius 1 is 0.941 bits per heavy atom. The number of hydrogen-bond acceptors (Lipinski definition) is 7. The maximum Gasteiger partial charge on any atom is 0.318 e. The molecule has 2 aliphatic heterocycles. The zero-order chi connectivity index (χ0) is 25.1. The number of morpholine rings is 1.